The van der Waals surface area contributed by atoms with E-state index in [-0.39, 0.29) is 11.9 Å². The van der Waals surface area contributed by atoms with Gasteiger partial charge in [-0.15, -0.1) is 0 Å². The second-order valence-electron chi connectivity index (χ2n) is 7.45. The zero-order valence-corrected chi connectivity index (χ0v) is 13.3. The van der Waals surface area contributed by atoms with Gasteiger partial charge in [0.05, 0.1) is 7.11 Å². The third-order valence-corrected chi connectivity index (χ3v) is 5.21. The van der Waals surface area contributed by atoms with E-state index in [0.29, 0.717) is 5.41 Å². The molecule has 0 spiro atoms. The Morgan fingerprint density at radius 3 is 2.75 bits per heavy atom. The summed E-state index contributed by atoms with van der Waals surface area (Å²) in [5, 5.41) is 0. The Hall–Kier alpha value is -0.610. The van der Waals surface area contributed by atoms with Crippen molar-refractivity contribution < 1.29 is 9.53 Å². The van der Waals surface area contributed by atoms with Crippen LogP contribution in [-0.2, 0) is 9.53 Å². The summed E-state index contributed by atoms with van der Waals surface area (Å²) < 4.78 is 4.91. The molecule has 0 aromatic rings. The number of ether oxygens (including phenoxy) is 1. The topological polar surface area (TPSA) is 55.6 Å². The zero-order valence-electron chi connectivity index (χ0n) is 13.3. The third-order valence-electron chi connectivity index (χ3n) is 5.21. The monoisotopic (exact) mass is 282 g/mol. The van der Waals surface area contributed by atoms with Crippen molar-refractivity contribution in [2.24, 2.45) is 17.1 Å². The molecule has 2 aliphatic rings. The molecule has 116 valence electrons. The van der Waals surface area contributed by atoms with Crippen molar-refractivity contribution in [2.75, 3.05) is 26.7 Å². The van der Waals surface area contributed by atoms with Crippen molar-refractivity contribution in [3.8, 4) is 0 Å². The summed E-state index contributed by atoms with van der Waals surface area (Å²) >= 11 is 0. The molecule has 0 aromatic carbocycles. The summed E-state index contributed by atoms with van der Waals surface area (Å²) in [5.41, 5.74) is 6.02. The molecule has 1 saturated carbocycles. The van der Waals surface area contributed by atoms with Crippen molar-refractivity contribution in [1.82, 2.24) is 4.90 Å². The van der Waals surface area contributed by atoms with Gasteiger partial charge in [0.1, 0.15) is 5.54 Å². The third kappa shape index (κ3) is 3.34. The fourth-order valence-electron chi connectivity index (χ4n) is 4.04. The Balaban J connectivity index is 1.88. The number of nitrogens with two attached hydrogens (primary N) is 1. The Kier molecular flexibility index (Phi) is 4.75. The van der Waals surface area contributed by atoms with Crippen LogP contribution in [0.3, 0.4) is 0 Å². The average Bonchev–Trinajstić information content (AvgIpc) is 2.77. The molecule has 1 aliphatic carbocycles. The zero-order chi connectivity index (χ0) is 14.8. The quantitative estimate of drug-likeness (QED) is 0.803. The van der Waals surface area contributed by atoms with E-state index in [2.05, 4.69) is 18.7 Å². The Bertz CT molecular complexity index is 356. The summed E-state index contributed by atoms with van der Waals surface area (Å²) in [6.07, 6.45) is 6.49. The predicted molar refractivity (Wildman–Crippen MR) is 80.3 cm³/mol. The first-order valence-corrected chi connectivity index (χ1v) is 7.97. The van der Waals surface area contributed by atoms with Gasteiger partial charge in [0.2, 0.25) is 0 Å². The number of nitrogens with zero attached hydrogens (tertiary/aromatic N) is 1. The van der Waals surface area contributed by atoms with Crippen LogP contribution in [0.4, 0.5) is 0 Å². The largest absolute Gasteiger partial charge is 0.468 e. The van der Waals surface area contributed by atoms with E-state index in [4.69, 9.17) is 10.5 Å². The van der Waals surface area contributed by atoms with Crippen LogP contribution in [0.5, 0.6) is 0 Å². The summed E-state index contributed by atoms with van der Waals surface area (Å²) in [4.78, 5) is 14.5. The van der Waals surface area contributed by atoms with Crippen molar-refractivity contribution in [3.63, 3.8) is 0 Å². The van der Waals surface area contributed by atoms with Gasteiger partial charge in [0, 0.05) is 6.54 Å². The average molecular weight is 282 g/mol. The van der Waals surface area contributed by atoms with Crippen LogP contribution >= 0.6 is 0 Å². The number of methoxy groups -OCH3 is 1. The highest BCUT2D eigenvalue weighted by molar-refractivity contribution is 5.81. The van der Waals surface area contributed by atoms with Crippen LogP contribution in [-0.4, -0.2) is 43.2 Å². The summed E-state index contributed by atoms with van der Waals surface area (Å²) in [6.45, 7) is 8.10. The lowest BCUT2D eigenvalue weighted by atomic mass is 9.82. The van der Waals surface area contributed by atoms with Gasteiger partial charge in [-0.25, -0.2) is 0 Å². The number of likely N-dealkylation sites (tertiary alicyclic amines) is 1. The first kappa shape index (κ1) is 15.8. The number of hydrogen-bond acceptors (Lipinski definition) is 4. The SMILES string of the molecule is COC(=O)C1(N)CCCC1CCN1CCCC(C)(C)C1. The van der Waals surface area contributed by atoms with E-state index >= 15 is 0 Å². The number of carbonyl (C=O) groups is 1. The maximum absolute atomic E-state index is 11.9. The van der Waals surface area contributed by atoms with Crippen molar-refractivity contribution in [1.29, 1.82) is 0 Å². The Morgan fingerprint density at radius 2 is 2.10 bits per heavy atom. The van der Waals surface area contributed by atoms with Crippen LogP contribution in [0.15, 0.2) is 0 Å². The van der Waals surface area contributed by atoms with Crippen molar-refractivity contribution in [2.45, 2.75) is 57.9 Å². The molecule has 4 nitrogen and oxygen atoms in total. The molecule has 0 amide bonds. The first-order chi connectivity index (χ1) is 9.37. The smallest absolute Gasteiger partial charge is 0.326 e. The highest BCUT2D eigenvalue weighted by atomic mass is 16.5. The first-order valence-electron chi connectivity index (χ1n) is 7.97. The van der Waals surface area contributed by atoms with Gasteiger partial charge >= 0.3 is 5.97 Å². The molecule has 0 bridgehead atoms. The van der Waals surface area contributed by atoms with E-state index < -0.39 is 5.54 Å². The number of rotatable bonds is 4. The van der Waals surface area contributed by atoms with Crippen LogP contribution in [0.2, 0.25) is 0 Å². The second kappa shape index (κ2) is 6.02. The molecule has 2 unspecified atom stereocenters. The molecule has 1 heterocycles. The Labute approximate surface area is 123 Å². The number of carbonyl (C=O) groups excluding carboxylic acids is 1. The van der Waals surface area contributed by atoms with E-state index in [1.165, 1.54) is 26.5 Å². The molecule has 1 saturated heterocycles. The molecule has 0 aromatic heterocycles. The maximum Gasteiger partial charge on any atom is 0.326 e. The van der Waals surface area contributed by atoms with Gasteiger partial charge in [0.25, 0.3) is 0 Å². The Morgan fingerprint density at radius 1 is 1.35 bits per heavy atom. The molecular weight excluding hydrogens is 252 g/mol. The van der Waals surface area contributed by atoms with Gasteiger partial charge in [-0.1, -0.05) is 20.3 Å². The van der Waals surface area contributed by atoms with E-state index in [1.807, 2.05) is 0 Å². The fourth-order valence-corrected chi connectivity index (χ4v) is 4.04. The minimum Gasteiger partial charge on any atom is -0.468 e. The molecule has 2 rings (SSSR count). The van der Waals surface area contributed by atoms with E-state index in [1.54, 1.807) is 0 Å². The molecular formula is C16H30N2O2. The van der Waals surface area contributed by atoms with E-state index in [0.717, 1.165) is 38.8 Å². The summed E-state index contributed by atoms with van der Waals surface area (Å²) in [6, 6.07) is 0. The van der Waals surface area contributed by atoms with Gasteiger partial charge in [-0.2, -0.15) is 0 Å². The van der Waals surface area contributed by atoms with Crippen LogP contribution in [0.25, 0.3) is 0 Å². The lowest BCUT2D eigenvalue weighted by molar-refractivity contribution is -0.148. The van der Waals surface area contributed by atoms with Crippen molar-refractivity contribution in [3.05, 3.63) is 0 Å². The van der Waals surface area contributed by atoms with Crippen LogP contribution in [0, 0.1) is 11.3 Å². The standard InChI is InChI=1S/C16H30N2O2/c1-15(2)8-5-10-18(12-15)11-7-13-6-4-9-16(13,17)14(19)20-3/h13H,4-12,17H2,1-3H3. The van der Waals surface area contributed by atoms with Gasteiger partial charge < -0.3 is 15.4 Å². The predicted octanol–water partition coefficient (Wildman–Crippen LogP) is 2.17. The number of piperidine rings is 1. The molecule has 2 fully saturated rings. The summed E-state index contributed by atoms with van der Waals surface area (Å²) in [5.74, 6) is 0.0546. The fraction of sp³-hybridized carbons (Fsp3) is 0.938. The second-order valence-corrected chi connectivity index (χ2v) is 7.45. The molecule has 2 N–H and O–H groups in total. The molecule has 1 aliphatic heterocycles. The number of hydrogen-bond donors (Lipinski definition) is 1. The van der Waals surface area contributed by atoms with E-state index in [9.17, 15) is 4.79 Å². The summed E-state index contributed by atoms with van der Waals surface area (Å²) in [7, 11) is 1.44. The minimum absolute atomic E-state index is 0.223. The molecule has 2 atom stereocenters. The maximum atomic E-state index is 11.9. The molecule has 4 heteroatoms. The number of esters is 1. The normalized spacial score (nSPS) is 34.1. The van der Waals surface area contributed by atoms with Crippen LogP contribution in [0.1, 0.15) is 52.4 Å². The van der Waals surface area contributed by atoms with Gasteiger partial charge in [0.15, 0.2) is 0 Å². The van der Waals surface area contributed by atoms with Gasteiger partial charge in [-0.05, 0) is 56.5 Å². The van der Waals surface area contributed by atoms with Crippen molar-refractivity contribution >= 4 is 5.97 Å². The molecule has 0 radical (unpaired) electrons. The van der Waals surface area contributed by atoms with Crippen LogP contribution < -0.4 is 5.73 Å². The highest BCUT2D eigenvalue weighted by Gasteiger charge is 2.46. The molecule has 20 heavy (non-hydrogen) atoms. The highest BCUT2D eigenvalue weighted by Crippen LogP contribution is 2.37. The minimum atomic E-state index is -0.736. The van der Waals surface area contributed by atoms with Gasteiger partial charge in [-0.3, -0.25) is 4.79 Å². The lowest BCUT2D eigenvalue weighted by Gasteiger charge is -2.39. The lowest BCUT2D eigenvalue weighted by Crippen LogP contribution is -2.52.